The van der Waals surface area contributed by atoms with Gasteiger partial charge in [0.05, 0.1) is 16.5 Å². The average Bonchev–Trinajstić information content (AvgIpc) is 2.93. The largest absolute Gasteiger partial charge is 0.347 e. The van der Waals surface area contributed by atoms with Crippen LogP contribution in [0.4, 0.5) is 5.69 Å². The predicted octanol–water partition coefficient (Wildman–Crippen LogP) is 3.98. The van der Waals surface area contributed by atoms with Crippen molar-refractivity contribution in [3.8, 4) is 0 Å². The first kappa shape index (κ1) is 8.85. The fraction of sp³-hybridized carbons (Fsp3) is 0.222. The Balaban J connectivity index is 1.95. The van der Waals surface area contributed by atoms with Crippen molar-refractivity contribution in [3.63, 3.8) is 0 Å². The lowest BCUT2D eigenvalue weighted by atomic mass is 10.1. The zero-order valence-electron chi connectivity index (χ0n) is 14.6. The third kappa shape index (κ3) is 1.51. The standard InChI is InChI=1S/C18H18N2/c1-13-7-3-6-10-17(13)20-12-19-11-15-8-4-5-9-16(15)18(19)14(20)2/h3-10H,11-12H2,1-2H3/i11D2,12D. The van der Waals surface area contributed by atoms with Gasteiger partial charge in [-0.05, 0) is 31.0 Å². The fourth-order valence-corrected chi connectivity index (χ4v) is 2.95. The molecule has 4 rings (SSSR count). The maximum absolute atomic E-state index is 8.68. The van der Waals surface area contributed by atoms with Crippen molar-refractivity contribution in [2.45, 2.75) is 20.3 Å². The van der Waals surface area contributed by atoms with Crippen LogP contribution in [0.1, 0.15) is 27.7 Å². The number of para-hydroxylation sites is 1. The lowest BCUT2D eigenvalue weighted by Crippen LogP contribution is -2.25. The summed E-state index contributed by atoms with van der Waals surface area (Å²) < 4.78 is 25.8. The number of rotatable bonds is 1. The van der Waals surface area contributed by atoms with Crippen molar-refractivity contribution in [1.82, 2.24) is 4.90 Å². The van der Waals surface area contributed by atoms with Crippen LogP contribution < -0.4 is 4.90 Å². The number of nitrogens with zero attached hydrogens (tertiary/aromatic N) is 2. The smallest absolute Gasteiger partial charge is 0.0953 e. The summed E-state index contributed by atoms with van der Waals surface area (Å²) in [5.41, 5.74) is 5.33. The summed E-state index contributed by atoms with van der Waals surface area (Å²) >= 11 is 0. The molecule has 0 fully saturated rings. The van der Waals surface area contributed by atoms with E-state index in [4.69, 9.17) is 4.11 Å². The van der Waals surface area contributed by atoms with Gasteiger partial charge in [-0.25, -0.2) is 0 Å². The number of hydrogen-bond donors (Lipinski definition) is 0. The van der Waals surface area contributed by atoms with Crippen LogP contribution in [0.15, 0.2) is 54.2 Å². The van der Waals surface area contributed by atoms with Gasteiger partial charge < -0.3 is 9.80 Å². The second-order valence-corrected chi connectivity index (χ2v) is 5.23. The maximum atomic E-state index is 8.68. The third-order valence-corrected chi connectivity index (χ3v) is 3.97. The van der Waals surface area contributed by atoms with Crippen molar-refractivity contribution in [1.29, 1.82) is 0 Å². The number of benzene rings is 2. The molecule has 0 saturated heterocycles. The average molecular weight is 265 g/mol. The normalized spacial score (nSPS) is 25.1. The molecule has 0 bridgehead atoms. The van der Waals surface area contributed by atoms with Crippen molar-refractivity contribution < 1.29 is 4.11 Å². The van der Waals surface area contributed by atoms with Gasteiger partial charge in [0.25, 0.3) is 0 Å². The van der Waals surface area contributed by atoms with E-state index < -0.39 is 13.1 Å². The van der Waals surface area contributed by atoms with Crippen LogP contribution in [0.3, 0.4) is 0 Å². The Bertz CT molecular complexity index is 829. The minimum absolute atomic E-state index is 0.649. The molecule has 100 valence electrons. The monoisotopic (exact) mass is 265 g/mol. The van der Waals surface area contributed by atoms with Gasteiger partial charge in [-0.3, -0.25) is 0 Å². The van der Waals surface area contributed by atoms with Crippen LogP contribution in [-0.4, -0.2) is 11.5 Å². The molecule has 0 spiro atoms. The Morgan fingerprint density at radius 1 is 1.00 bits per heavy atom. The van der Waals surface area contributed by atoms with Crippen LogP contribution in [-0.2, 0) is 6.50 Å². The summed E-state index contributed by atoms with van der Waals surface area (Å²) in [6.45, 7) is 1.51. The first-order chi connectivity index (χ1) is 10.9. The second kappa shape index (κ2) is 4.14. The van der Waals surface area contributed by atoms with E-state index in [0.717, 1.165) is 28.2 Å². The first-order valence-corrected chi connectivity index (χ1v) is 6.82. The van der Waals surface area contributed by atoms with E-state index in [0.29, 0.717) is 5.56 Å². The van der Waals surface area contributed by atoms with Gasteiger partial charge in [0.2, 0.25) is 0 Å². The Morgan fingerprint density at radius 3 is 2.60 bits per heavy atom. The molecule has 1 atom stereocenters. The Kier molecular flexibility index (Phi) is 1.83. The highest BCUT2D eigenvalue weighted by atomic mass is 15.4. The number of allylic oxidation sites excluding steroid dienone is 1. The van der Waals surface area contributed by atoms with Crippen LogP contribution >= 0.6 is 0 Å². The summed E-state index contributed by atoms with van der Waals surface area (Å²) in [6.07, 6.45) is 0. The van der Waals surface area contributed by atoms with Crippen LogP contribution in [0.2, 0.25) is 0 Å². The summed E-state index contributed by atoms with van der Waals surface area (Å²) in [5.74, 6) is 0. The lowest BCUT2D eigenvalue weighted by Gasteiger charge is -2.23. The van der Waals surface area contributed by atoms with E-state index in [1.165, 1.54) is 0 Å². The summed E-state index contributed by atoms with van der Waals surface area (Å²) in [5, 5.41) is 0. The van der Waals surface area contributed by atoms with Gasteiger partial charge in [-0.2, -0.15) is 0 Å². The third-order valence-electron chi connectivity index (χ3n) is 3.97. The molecule has 1 unspecified atom stereocenters. The topological polar surface area (TPSA) is 6.48 Å². The maximum Gasteiger partial charge on any atom is 0.0953 e. The molecule has 2 heterocycles. The molecule has 2 nitrogen and oxygen atoms in total. The van der Waals surface area contributed by atoms with Gasteiger partial charge in [-0.15, -0.1) is 0 Å². The van der Waals surface area contributed by atoms with Gasteiger partial charge >= 0.3 is 0 Å². The zero-order chi connectivity index (χ0) is 16.4. The molecule has 2 aromatic rings. The van der Waals surface area contributed by atoms with Gasteiger partial charge in [-0.1, -0.05) is 42.5 Å². The van der Waals surface area contributed by atoms with Crippen molar-refractivity contribution in [3.05, 3.63) is 70.9 Å². The molecule has 20 heavy (non-hydrogen) atoms. The van der Waals surface area contributed by atoms with Crippen molar-refractivity contribution >= 4 is 11.4 Å². The summed E-state index contributed by atoms with van der Waals surface area (Å²) in [6, 6.07) is 15.5. The van der Waals surface area contributed by atoms with E-state index in [1.807, 2.05) is 67.3 Å². The van der Waals surface area contributed by atoms with E-state index in [-0.39, 0.29) is 0 Å². The molecule has 2 aliphatic heterocycles. The number of aryl methyl sites for hydroxylation is 1. The van der Waals surface area contributed by atoms with Crippen LogP contribution in [0, 0.1) is 6.92 Å². The lowest BCUT2D eigenvalue weighted by molar-refractivity contribution is 0.439. The van der Waals surface area contributed by atoms with Crippen LogP contribution in [0.5, 0.6) is 0 Å². The molecule has 0 radical (unpaired) electrons. The molecule has 2 heteroatoms. The molecule has 0 saturated carbocycles. The van der Waals surface area contributed by atoms with Gasteiger partial charge in [0.1, 0.15) is 0 Å². The molecule has 2 aliphatic rings. The molecule has 0 aliphatic carbocycles. The molecular weight excluding hydrogens is 244 g/mol. The fourth-order valence-electron chi connectivity index (χ4n) is 2.95. The summed E-state index contributed by atoms with van der Waals surface area (Å²) in [7, 11) is 0. The van der Waals surface area contributed by atoms with Gasteiger partial charge in [0, 0.05) is 23.4 Å². The van der Waals surface area contributed by atoms with Crippen molar-refractivity contribution in [2.75, 3.05) is 11.5 Å². The highest BCUT2D eigenvalue weighted by Gasteiger charge is 2.34. The first-order valence-electron chi connectivity index (χ1n) is 8.39. The van der Waals surface area contributed by atoms with E-state index in [1.54, 1.807) is 4.90 Å². The quantitative estimate of drug-likeness (QED) is 0.769. The van der Waals surface area contributed by atoms with Crippen molar-refractivity contribution in [2.24, 2.45) is 0 Å². The Labute approximate surface area is 124 Å². The molecule has 2 aromatic carbocycles. The number of fused-ring (bicyclic) bond motifs is 3. The highest BCUT2D eigenvalue weighted by molar-refractivity contribution is 5.79. The van der Waals surface area contributed by atoms with E-state index >= 15 is 0 Å². The van der Waals surface area contributed by atoms with E-state index in [9.17, 15) is 0 Å². The molecular formula is C18H18N2. The minimum atomic E-state index is -1.67. The minimum Gasteiger partial charge on any atom is -0.347 e. The number of hydrogen-bond acceptors (Lipinski definition) is 2. The second-order valence-electron chi connectivity index (χ2n) is 5.23. The van der Waals surface area contributed by atoms with Gasteiger partial charge in [0.15, 0.2) is 0 Å². The van der Waals surface area contributed by atoms with Crippen LogP contribution in [0.25, 0.3) is 5.70 Å². The Hall–Kier alpha value is -2.22. The summed E-state index contributed by atoms with van der Waals surface area (Å²) in [4.78, 5) is 3.50. The number of anilines is 1. The molecule has 0 amide bonds. The molecule has 0 aromatic heterocycles. The zero-order valence-corrected chi connectivity index (χ0v) is 11.6. The Morgan fingerprint density at radius 2 is 1.75 bits per heavy atom. The molecule has 0 N–H and O–H groups in total. The van der Waals surface area contributed by atoms with E-state index in [2.05, 4.69) is 0 Å². The predicted molar refractivity (Wildman–Crippen MR) is 83.1 cm³/mol. The SMILES string of the molecule is [2H]C1N(c2ccccc2C)C(C)=C2c3ccccc3C([2H])([2H])N21. The highest BCUT2D eigenvalue weighted by Crippen LogP contribution is 2.42.